The van der Waals surface area contributed by atoms with Crippen molar-refractivity contribution in [2.24, 2.45) is 11.7 Å². The molecule has 2 bridgehead atoms. The minimum Gasteiger partial charge on any atom is -0.370 e. The van der Waals surface area contributed by atoms with Crippen molar-refractivity contribution in [3.8, 4) is 0 Å². The number of aromatic amines is 1. The minimum absolute atomic E-state index is 0.00252. The van der Waals surface area contributed by atoms with Gasteiger partial charge in [-0.25, -0.2) is 0 Å². The summed E-state index contributed by atoms with van der Waals surface area (Å²) in [4.78, 5) is 101. The fourth-order valence-electron chi connectivity index (χ4n) is 7.17. The zero-order chi connectivity index (χ0) is 40.4. The van der Waals surface area contributed by atoms with E-state index in [4.69, 9.17) is 5.73 Å². The number of para-hydroxylation sites is 1. The number of carbonyl (C=O) groups excluding carboxylic acids is 7. The largest absolute Gasteiger partial charge is 0.370 e. The molecule has 6 atom stereocenters. The third-order valence-electron chi connectivity index (χ3n) is 10.1. The highest BCUT2D eigenvalue weighted by Gasteiger charge is 2.42. The molecule has 5 rings (SSSR count). The average Bonchev–Trinajstić information content (AvgIpc) is 3.75. The maximum atomic E-state index is 14.4. The summed E-state index contributed by atoms with van der Waals surface area (Å²) in [6.45, 7) is 4.02. The molecule has 2 aliphatic rings. The van der Waals surface area contributed by atoms with Gasteiger partial charge in [-0.15, -0.1) is 0 Å². The van der Waals surface area contributed by atoms with Gasteiger partial charge in [-0.3, -0.25) is 33.6 Å². The number of H-pyrrole nitrogens is 1. The molecule has 0 unspecified atom stereocenters. The monoisotopic (exact) mass is 788 g/mol. The third kappa shape index (κ3) is 10.9. The molecule has 3 aromatic rings. The fourth-order valence-corrected chi connectivity index (χ4v) is 7.64. The number of primary amides is 1. The van der Waals surface area contributed by atoms with Crippen molar-refractivity contribution < 1.29 is 33.6 Å². The van der Waals surface area contributed by atoms with Gasteiger partial charge in [0.05, 0.1) is 0 Å². The molecule has 8 N–H and O–H groups in total. The summed E-state index contributed by atoms with van der Waals surface area (Å²) in [5.74, 6) is -3.90. The summed E-state index contributed by atoms with van der Waals surface area (Å²) in [6.07, 6.45) is 3.95. The van der Waals surface area contributed by atoms with Crippen LogP contribution in [0.15, 0.2) is 60.8 Å². The van der Waals surface area contributed by atoms with Crippen LogP contribution in [0, 0.1) is 5.92 Å². The quantitative estimate of drug-likeness (QED) is 0.140. The summed E-state index contributed by atoms with van der Waals surface area (Å²) in [5, 5.41) is 14.8. The molecule has 56 heavy (non-hydrogen) atoms. The summed E-state index contributed by atoms with van der Waals surface area (Å²) in [6, 6.07) is 9.79. The van der Waals surface area contributed by atoms with Gasteiger partial charge >= 0.3 is 0 Å². The van der Waals surface area contributed by atoms with E-state index in [0.717, 1.165) is 16.5 Å². The number of nitrogens with two attached hydrogens (primary N) is 1. The van der Waals surface area contributed by atoms with Crippen molar-refractivity contribution in [1.29, 1.82) is 0 Å². The predicted octanol–water partition coefficient (Wildman–Crippen LogP) is 1.06. The average molecular weight is 789 g/mol. The van der Waals surface area contributed by atoms with Crippen LogP contribution >= 0.6 is 11.8 Å². The van der Waals surface area contributed by atoms with E-state index in [1.165, 1.54) is 16.7 Å². The summed E-state index contributed by atoms with van der Waals surface area (Å²) in [5.41, 5.74) is 7.73. The first kappa shape index (κ1) is 41.8. The second-order valence-electron chi connectivity index (χ2n) is 14.8. The van der Waals surface area contributed by atoms with Crippen molar-refractivity contribution in [3.63, 3.8) is 0 Å². The number of aromatic nitrogens is 1. The molecule has 7 amide bonds. The van der Waals surface area contributed by atoms with E-state index >= 15 is 0 Å². The van der Waals surface area contributed by atoms with Gasteiger partial charge in [0.25, 0.3) is 0 Å². The van der Waals surface area contributed by atoms with Crippen molar-refractivity contribution in [1.82, 2.24) is 36.5 Å². The lowest BCUT2D eigenvalue weighted by atomic mass is 10.00. The van der Waals surface area contributed by atoms with Gasteiger partial charge in [0, 0.05) is 42.9 Å². The van der Waals surface area contributed by atoms with Gasteiger partial charge < -0.3 is 42.2 Å². The second kappa shape index (κ2) is 19.5. The van der Waals surface area contributed by atoms with E-state index < -0.39 is 77.6 Å². The number of thioether (sulfide) groups is 1. The van der Waals surface area contributed by atoms with Gasteiger partial charge in [-0.05, 0) is 60.8 Å². The molecule has 0 saturated carbocycles. The lowest BCUT2D eigenvalue weighted by Gasteiger charge is -2.31. The molecule has 300 valence electrons. The summed E-state index contributed by atoms with van der Waals surface area (Å²) in [7, 11) is 0. The Labute approximate surface area is 330 Å². The number of amides is 7. The van der Waals surface area contributed by atoms with Crippen LogP contribution in [0.4, 0.5) is 0 Å². The highest BCUT2D eigenvalue weighted by molar-refractivity contribution is 7.98. The van der Waals surface area contributed by atoms with Crippen LogP contribution in [0.3, 0.4) is 0 Å². The lowest BCUT2D eigenvalue weighted by molar-refractivity contribution is -0.141. The van der Waals surface area contributed by atoms with Crippen LogP contribution in [0.25, 0.3) is 10.9 Å². The van der Waals surface area contributed by atoms with Gasteiger partial charge in [0.1, 0.15) is 36.3 Å². The molecule has 15 nitrogen and oxygen atoms in total. The Balaban J connectivity index is 1.56. The van der Waals surface area contributed by atoms with Crippen molar-refractivity contribution in [2.75, 3.05) is 18.6 Å². The van der Waals surface area contributed by atoms with Crippen molar-refractivity contribution in [2.45, 2.75) is 95.0 Å². The first-order valence-corrected chi connectivity index (χ1v) is 20.4. The molecule has 2 saturated heterocycles. The maximum absolute atomic E-state index is 14.4. The molecule has 3 heterocycles. The Kier molecular flexibility index (Phi) is 14.5. The molecule has 2 aromatic carbocycles. The first-order valence-electron chi connectivity index (χ1n) is 19.0. The Morgan fingerprint density at radius 2 is 1.36 bits per heavy atom. The molecule has 2 aliphatic heterocycles. The second-order valence-corrected chi connectivity index (χ2v) is 15.8. The molecule has 0 spiro atoms. The number of benzene rings is 2. The highest BCUT2D eigenvalue weighted by Crippen LogP contribution is 2.22. The van der Waals surface area contributed by atoms with E-state index in [0.29, 0.717) is 17.7 Å². The van der Waals surface area contributed by atoms with Crippen molar-refractivity contribution in [3.05, 3.63) is 71.9 Å². The Hall–Kier alpha value is -5.38. The third-order valence-corrected chi connectivity index (χ3v) is 10.8. The van der Waals surface area contributed by atoms with Crippen LogP contribution in [0.2, 0.25) is 0 Å². The molecule has 0 aliphatic carbocycles. The number of rotatable bonds is 12. The van der Waals surface area contributed by atoms with E-state index in [2.05, 4.69) is 31.6 Å². The number of hydrogen-bond donors (Lipinski definition) is 7. The van der Waals surface area contributed by atoms with E-state index in [1.54, 1.807) is 18.3 Å². The predicted molar refractivity (Wildman–Crippen MR) is 213 cm³/mol. The maximum Gasteiger partial charge on any atom is 0.245 e. The SMILES string of the molecule is CSCC[C@@H]1NC(=O)[C@H](CC(C)C)N2CC[C@@H](NC(=O)[C@H](Cc3ccccc3)NC(=O)[C@@H](Cc3c[nH]c4ccccc34)NC(=O)[C@H](CCC(N)=O)NC1=O)C2=O. The van der Waals surface area contributed by atoms with Gasteiger partial charge in [0.2, 0.25) is 41.4 Å². The van der Waals surface area contributed by atoms with Gasteiger partial charge in [-0.2, -0.15) is 11.8 Å². The minimum atomic E-state index is -1.32. The number of nitrogens with zero attached hydrogens (tertiary/aromatic N) is 1. The van der Waals surface area contributed by atoms with E-state index in [-0.39, 0.29) is 51.0 Å². The number of hydrogen-bond acceptors (Lipinski definition) is 8. The molecule has 1 aromatic heterocycles. The highest BCUT2D eigenvalue weighted by atomic mass is 32.2. The first-order chi connectivity index (χ1) is 26.8. The molecular weight excluding hydrogens is 737 g/mol. The smallest absolute Gasteiger partial charge is 0.245 e. The Morgan fingerprint density at radius 3 is 2.04 bits per heavy atom. The van der Waals surface area contributed by atoms with E-state index in [1.807, 2.05) is 62.6 Å². The van der Waals surface area contributed by atoms with Gasteiger partial charge in [0.15, 0.2) is 0 Å². The number of fused-ring (bicyclic) bond motifs is 3. The van der Waals surface area contributed by atoms with E-state index in [9.17, 15) is 33.6 Å². The standard InChI is InChI=1S/C40H52N8O7S/c1-23(2)19-33-39(54)44-29(16-18-56-3)36(51)43-28(13-14-34(41)49)35(50)47-32(21-25-22-42-27-12-8-7-11-26(25)27)38(53)46-31(20-24-9-5-4-6-10-24)37(52)45-30-15-17-48(33)40(30)55/h4-12,22-23,28-33,42H,13-21H2,1-3H3,(H2,41,49)(H,43,51)(H,44,54)(H,45,52)(H,46,53)(H,47,50)/t28-,29-,30+,31-,32+,33-/m0/s1. The van der Waals surface area contributed by atoms with Crippen LogP contribution in [0.1, 0.15) is 57.1 Å². The van der Waals surface area contributed by atoms with Crippen LogP contribution in [-0.2, 0) is 46.4 Å². The summed E-state index contributed by atoms with van der Waals surface area (Å²) >= 11 is 1.46. The fraction of sp³-hybridized carbons (Fsp3) is 0.475. The normalized spacial score (nSPS) is 24.2. The molecule has 0 radical (unpaired) electrons. The lowest BCUT2D eigenvalue weighted by Crippen LogP contribution is -2.61. The van der Waals surface area contributed by atoms with Crippen LogP contribution in [-0.4, -0.2) is 106 Å². The number of carbonyl (C=O) groups is 7. The van der Waals surface area contributed by atoms with Crippen LogP contribution in [0.5, 0.6) is 0 Å². The van der Waals surface area contributed by atoms with Gasteiger partial charge in [-0.1, -0.05) is 62.4 Å². The Morgan fingerprint density at radius 1 is 0.768 bits per heavy atom. The number of nitrogens with one attached hydrogen (secondary N) is 6. The summed E-state index contributed by atoms with van der Waals surface area (Å²) < 4.78 is 0. The molecular formula is C40H52N8O7S. The topological polar surface area (TPSA) is 225 Å². The zero-order valence-corrected chi connectivity index (χ0v) is 32.8. The van der Waals surface area contributed by atoms with Crippen LogP contribution < -0.4 is 32.3 Å². The Bertz CT molecular complexity index is 1900. The molecule has 16 heteroatoms. The van der Waals surface area contributed by atoms with Crippen molar-refractivity contribution >= 4 is 64.0 Å². The zero-order valence-electron chi connectivity index (χ0n) is 32.0. The molecule has 2 fully saturated rings.